The molecule has 0 aliphatic rings. The molecular weight excluding hydrogens is 511 g/mol. The first-order valence-corrected chi connectivity index (χ1v) is 12.6. The number of benzene rings is 2. The molecule has 2 heterocycles. The van der Waals surface area contributed by atoms with E-state index in [-0.39, 0.29) is 33.6 Å². The summed E-state index contributed by atoms with van der Waals surface area (Å²) in [5.41, 5.74) is 8.16. The number of hydrogen-bond acceptors (Lipinski definition) is 6. The lowest BCUT2D eigenvalue weighted by Gasteiger charge is -2.16. The van der Waals surface area contributed by atoms with Gasteiger partial charge < -0.3 is 11.5 Å². The normalized spacial score (nSPS) is 12.1. The van der Waals surface area contributed by atoms with Gasteiger partial charge in [-0.25, -0.2) is 13.4 Å². The number of primary amides is 2. The second kappa shape index (κ2) is 9.00. The maximum absolute atomic E-state index is 14.3. The maximum atomic E-state index is 14.3. The zero-order chi connectivity index (χ0) is 27.3. The standard InChI is InChI=1S/C24H20F3N5O4S/c1-12-17(19-18(22(28)33)15-8-3-4-9-16(15)30-20(19)23(29)34)21(24(25,26)27)31-32(12)11-13-6-5-7-14(10-13)37(2,35)36/h3-10H,11H2,1-2H3,(H2,28,33)(H2,29,34). The van der Waals surface area contributed by atoms with Gasteiger partial charge in [0.05, 0.1) is 22.5 Å². The third-order valence-corrected chi connectivity index (χ3v) is 6.87. The fourth-order valence-corrected chi connectivity index (χ4v) is 4.83. The topological polar surface area (TPSA) is 151 Å². The van der Waals surface area contributed by atoms with Crippen molar-refractivity contribution < 1.29 is 31.2 Å². The number of nitrogens with two attached hydrogens (primary N) is 2. The Morgan fingerprint density at radius 1 is 1.00 bits per heavy atom. The predicted molar refractivity (Wildman–Crippen MR) is 128 cm³/mol. The molecule has 0 unspecified atom stereocenters. The molecule has 0 aliphatic heterocycles. The highest BCUT2D eigenvalue weighted by Gasteiger charge is 2.41. The molecule has 2 amide bonds. The largest absolute Gasteiger partial charge is 0.435 e. The van der Waals surface area contributed by atoms with E-state index in [1.165, 1.54) is 43.3 Å². The summed E-state index contributed by atoms with van der Waals surface area (Å²) in [6, 6.07) is 11.7. The summed E-state index contributed by atoms with van der Waals surface area (Å²) in [7, 11) is -3.57. The molecule has 2 aromatic heterocycles. The SMILES string of the molecule is Cc1c(-c2c(C(N)=O)nc3ccccc3c2C(N)=O)c(C(F)(F)F)nn1Cc1cccc(S(C)(=O)=O)c1. The second-order valence-corrected chi connectivity index (χ2v) is 10.4. The van der Waals surface area contributed by atoms with Crippen molar-refractivity contribution in [3.8, 4) is 11.1 Å². The highest BCUT2D eigenvalue weighted by atomic mass is 32.2. The second-order valence-electron chi connectivity index (χ2n) is 8.34. The van der Waals surface area contributed by atoms with E-state index in [1.54, 1.807) is 12.1 Å². The molecule has 2 aromatic carbocycles. The number of alkyl halides is 3. The molecule has 13 heteroatoms. The number of sulfone groups is 1. The van der Waals surface area contributed by atoms with Crippen LogP contribution in [0.1, 0.15) is 37.8 Å². The number of amides is 2. The summed E-state index contributed by atoms with van der Waals surface area (Å²) in [5.74, 6) is -2.25. The van der Waals surface area contributed by atoms with Crippen LogP contribution in [0, 0.1) is 6.92 Å². The zero-order valence-electron chi connectivity index (χ0n) is 19.5. The molecule has 4 aromatic rings. The van der Waals surface area contributed by atoms with Crippen molar-refractivity contribution in [2.24, 2.45) is 11.5 Å². The Labute approximate surface area is 208 Å². The molecule has 0 fully saturated rings. The average molecular weight is 532 g/mol. The molecule has 4 rings (SSSR count). The third kappa shape index (κ3) is 4.77. The Kier molecular flexibility index (Phi) is 6.28. The van der Waals surface area contributed by atoms with Gasteiger partial charge in [0, 0.05) is 28.5 Å². The minimum atomic E-state index is -5.00. The van der Waals surface area contributed by atoms with Gasteiger partial charge in [-0.05, 0) is 30.7 Å². The number of carbonyl (C=O) groups is 2. The van der Waals surface area contributed by atoms with Gasteiger partial charge in [-0.2, -0.15) is 18.3 Å². The van der Waals surface area contributed by atoms with Gasteiger partial charge in [-0.3, -0.25) is 14.3 Å². The monoisotopic (exact) mass is 531 g/mol. The first-order valence-electron chi connectivity index (χ1n) is 10.7. The van der Waals surface area contributed by atoms with Gasteiger partial charge in [0.25, 0.3) is 5.91 Å². The van der Waals surface area contributed by atoms with E-state index in [0.29, 0.717) is 5.56 Å². The zero-order valence-corrected chi connectivity index (χ0v) is 20.3. The summed E-state index contributed by atoms with van der Waals surface area (Å²) >= 11 is 0. The number of halogens is 3. The molecule has 9 nitrogen and oxygen atoms in total. The van der Waals surface area contributed by atoms with Crippen molar-refractivity contribution in [2.45, 2.75) is 24.5 Å². The number of aromatic nitrogens is 3. The number of pyridine rings is 1. The van der Waals surface area contributed by atoms with Gasteiger partial charge in [0.15, 0.2) is 15.5 Å². The molecular formula is C24H20F3N5O4S. The maximum Gasteiger partial charge on any atom is 0.435 e. The Morgan fingerprint density at radius 2 is 1.68 bits per heavy atom. The van der Waals surface area contributed by atoms with Crippen LogP contribution in [0.25, 0.3) is 22.0 Å². The van der Waals surface area contributed by atoms with Crippen molar-refractivity contribution >= 4 is 32.6 Å². The number of rotatable bonds is 6. The average Bonchev–Trinajstić information content (AvgIpc) is 3.13. The van der Waals surface area contributed by atoms with Crippen molar-refractivity contribution in [1.82, 2.24) is 14.8 Å². The Hall–Kier alpha value is -4.26. The van der Waals surface area contributed by atoms with Crippen LogP contribution in [0.15, 0.2) is 53.4 Å². The fourth-order valence-electron chi connectivity index (χ4n) is 4.13. The molecule has 0 saturated carbocycles. The lowest BCUT2D eigenvalue weighted by molar-refractivity contribution is -0.141. The van der Waals surface area contributed by atoms with E-state index in [9.17, 15) is 31.2 Å². The van der Waals surface area contributed by atoms with Crippen molar-refractivity contribution in [1.29, 1.82) is 0 Å². The minimum Gasteiger partial charge on any atom is -0.366 e. The van der Waals surface area contributed by atoms with Gasteiger partial charge in [-0.15, -0.1) is 0 Å². The quantitative estimate of drug-likeness (QED) is 0.390. The molecule has 192 valence electrons. The van der Waals surface area contributed by atoms with E-state index >= 15 is 0 Å². The molecule has 37 heavy (non-hydrogen) atoms. The first kappa shape index (κ1) is 25.8. The van der Waals surface area contributed by atoms with Gasteiger partial charge in [0.2, 0.25) is 5.91 Å². The van der Waals surface area contributed by atoms with E-state index < -0.39 is 50.3 Å². The molecule has 0 spiro atoms. The molecule has 4 N–H and O–H groups in total. The van der Waals surface area contributed by atoms with Gasteiger partial charge in [-0.1, -0.05) is 30.3 Å². The van der Waals surface area contributed by atoms with Crippen molar-refractivity contribution in [3.05, 3.63) is 76.7 Å². The van der Waals surface area contributed by atoms with Crippen LogP contribution in [0.4, 0.5) is 13.2 Å². The van der Waals surface area contributed by atoms with Crippen LogP contribution in [-0.2, 0) is 22.6 Å². The molecule has 0 bridgehead atoms. The van der Waals surface area contributed by atoms with Crippen molar-refractivity contribution in [2.75, 3.05) is 6.26 Å². The van der Waals surface area contributed by atoms with E-state index in [4.69, 9.17) is 11.5 Å². The lowest BCUT2D eigenvalue weighted by atomic mass is 9.92. The number of para-hydroxylation sites is 1. The van der Waals surface area contributed by atoms with E-state index in [2.05, 4.69) is 10.1 Å². The van der Waals surface area contributed by atoms with E-state index in [1.807, 2.05) is 0 Å². The Morgan fingerprint density at radius 3 is 2.27 bits per heavy atom. The fraction of sp³-hybridized carbons (Fsp3) is 0.167. The minimum absolute atomic E-state index is 0.0168. The highest BCUT2D eigenvalue weighted by molar-refractivity contribution is 7.90. The van der Waals surface area contributed by atoms with Crippen LogP contribution in [0.2, 0.25) is 0 Å². The number of nitrogens with zero attached hydrogens (tertiary/aromatic N) is 3. The number of fused-ring (bicyclic) bond motifs is 1. The summed E-state index contributed by atoms with van der Waals surface area (Å²) in [5, 5.41) is 3.87. The summed E-state index contributed by atoms with van der Waals surface area (Å²) in [6.45, 7) is 1.08. The first-order chi connectivity index (χ1) is 17.2. The molecule has 0 atom stereocenters. The molecule has 0 radical (unpaired) electrons. The molecule has 0 aliphatic carbocycles. The van der Waals surface area contributed by atoms with Crippen LogP contribution < -0.4 is 11.5 Å². The third-order valence-electron chi connectivity index (χ3n) is 5.76. The summed E-state index contributed by atoms with van der Waals surface area (Å²) in [4.78, 5) is 29.0. The number of carbonyl (C=O) groups excluding carboxylic acids is 2. The Bertz CT molecular complexity index is 1690. The van der Waals surface area contributed by atoms with Crippen molar-refractivity contribution in [3.63, 3.8) is 0 Å². The number of hydrogen-bond donors (Lipinski definition) is 2. The predicted octanol–water partition coefficient (Wildman–Crippen LogP) is 3.08. The van der Waals surface area contributed by atoms with Gasteiger partial charge in [0.1, 0.15) is 5.69 Å². The smallest absolute Gasteiger partial charge is 0.366 e. The molecule has 0 saturated heterocycles. The lowest BCUT2D eigenvalue weighted by Crippen LogP contribution is -2.21. The van der Waals surface area contributed by atoms with Crippen LogP contribution in [0.5, 0.6) is 0 Å². The summed E-state index contributed by atoms with van der Waals surface area (Å²) in [6.07, 6.45) is -4.00. The summed E-state index contributed by atoms with van der Waals surface area (Å²) < 4.78 is 67.6. The van der Waals surface area contributed by atoms with Crippen LogP contribution in [-0.4, -0.2) is 41.3 Å². The highest BCUT2D eigenvalue weighted by Crippen LogP contribution is 2.42. The Balaban J connectivity index is 2.05. The van der Waals surface area contributed by atoms with Gasteiger partial charge >= 0.3 is 6.18 Å². The van der Waals surface area contributed by atoms with Crippen LogP contribution in [0.3, 0.4) is 0 Å². The van der Waals surface area contributed by atoms with Crippen LogP contribution >= 0.6 is 0 Å². The van der Waals surface area contributed by atoms with E-state index in [0.717, 1.165) is 10.9 Å².